The fourth-order valence-electron chi connectivity index (χ4n) is 2.68. The number of ether oxygens (including phenoxy) is 1. The summed E-state index contributed by atoms with van der Waals surface area (Å²) < 4.78 is 5.61. The van der Waals surface area contributed by atoms with E-state index in [2.05, 4.69) is 26.1 Å². The van der Waals surface area contributed by atoms with Crippen LogP contribution in [0.3, 0.4) is 0 Å². The van der Waals surface area contributed by atoms with Crippen LogP contribution in [0, 0.1) is 5.92 Å². The minimum Gasteiger partial charge on any atom is -0.378 e. The number of unbranched alkanes of at least 4 members (excludes halogenated alkanes) is 1. The standard InChI is InChI=1S/C14H29NO/c1-4-7-8-13(15-5-2)9-12-10-14(11-12)16-6-3/h12-15H,4-11H2,1-3H3. The van der Waals surface area contributed by atoms with E-state index < -0.39 is 0 Å². The van der Waals surface area contributed by atoms with E-state index in [1.165, 1.54) is 38.5 Å². The molecule has 0 saturated heterocycles. The molecule has 1 N–H and O–H groups in total. The Hall–Kier alpha value is -0.0800. The Morgan fingerprint density at radius 1 is 1.25 bits per heavy atom. The summed E-state index contributed by atoms with van der Waals surface area (Å²) in [6.07, 6.45) is 8.54. The molecule has 0 aromatic rings. The third-order valence-corrected chi connectivity index (χ3v) is 3.61. The second-order valence-corrected chi connectivity index (χ2v) is 5.05. The molecule has 96 valence electrons. The van der Waals surface area contributed by atoms with Gasteiger partial charge in [-0.2, -0.15) is 0 Å². The molecule has 0 aliphatic heterocycles. The highest BCUT2D eigenvalue weighted by Crippen LogP contribution is 2.34. The van der Waals surface area contributed by atoms with Gasteiger partial charge >= 0.3 is 0 Å². The second kappa shape index (κ2) is 8.08. The molecule has 0 radical (unpaired) electrons. The van der Waals surface area contributed by atoms with Gasteiger partial charge in [0.2, 0.25) is 0 Å². The van der Waals surface area contributed by atoms with Gasteiger partial charge < -0.3 is 10.1 Å². The van der Waals surface area contributed by atoms with Gasteiger partial charge in [0, 0.05) is 12.6 Å². The van der Waals surface area contributed by atoms with E-state index in [9.17, 15) is 0 Å². The van der Waals surface area contributed by atoms with Gasteiger partial charge in [0.1, 0.15) is 0 Å². The smallest absolute Gasteiger partial charge is 0.0580 e. The first-order valence-corrected chi connectivity index (χ1v) is 7.15. The van der Waals surface area contributed by atoms with Crippen LogP contribution < -0.4 is 5.32 Å². The minimum absolute atomic E-state index is 0.573. The number of rotatable bonds is 9. The van der Waals surface area contributed by atoms with Crippen LogP contribution in [0.1, 0.15) is 59.3 Å². The van der Waals surface area contributed by atoms with Crippen molar-refractivity contribution in [2.24, 2.45) is 5.92 Å². The van der Waals surface area contributed by atoms with E-state index in [1.807, 2.05) is 0 Å². The largest absolute Gasteiger partial charge is 0.378 e. The van der Waals surface area contributed by atoms with E-state index in [-0.39, 0.29) is 0 Å². The van der Waals surface area contributed by atoms with Gasteiger partial charge in [0.05, 0.1) is 6.10 Å². The zero-order chi connectivity index (χ0) is 11.8. The quantitative estimate of drug-likeness (QED) is 0.652. The zero-order valence-electron chi connectivity index (χ0n) is 11.3. The summed E-state index contributed by atoms with van der Waals surface area (Å²) >= 11 is 0. The fourth-order valence-corrected chi connectivity index (χ4v) is 2.68. The summed E-state index contributed by atoms with van der Waals surface area (Å²) in [6.45, 7) is 8.57. The van der Waals surface area contributed by atoms with Gasteiger partial charge in [-0.3, -0.25) is 0 Å². The predicted octanol–water partition coefficient (Wildman–Crippen LogP) is 3.36. The van der Waals surface area contributed by atoms with Crippen molar-refractivity contribution in [1.82, 2.24) is 5.32 Å². The van der Waals surface area contributed by atoms with Crippen LogP contribution in [0.5, 0.6) is 0 Å². The Labute approximate surface area is 101 Å². The first-order chi connectivity index (χ1) is 7.80. The van der Waals surface area contributed by atoms with Crippen LogP contribution in [-0.2, 0) is 4.74 Å². The zero-order valence-corrected chi connectivity index (χ0v) is 11.3. The molecule has 0 spiro atoms. The van der Waals surface area contributed by atoms with Crippen LogP contribution >= 0.6 is 0 Å². The molecule has 2 heteroatoms. The summed E-state index contributed by atoms with van der Waals surface area (Å²) in [5.41, 5.74) is 0. The Bertz CT molecular complexity index is 166. The van der Waals surface area contributed by atoms with Crippen LogP contribution in [0.4, 0.5) is 0 Å². The fraction of sp³-hybridized carbons (Fsp3) is 1.00. The maximum absolute atomic E-state index is 5.61. The van der Waals surface area contributed by atoms with Gasteiger partial charge in [0.15, 0.2) is 0 Å². The molecule has 0 aromatic carbocycles. The Morgan fingerprint density at radius 2 is 2.00 bits per heavy atom. The number of hydrogen-bond acceptors (Lipinski definition) is 2. The highest BCUT2D eigenvalue weighted by Gasteiger charge is 2.30. The van der Waals surface area contributed by atoms with Crippen molar-refractivity contribution < 1.29 is 4.74 Å². The van der Waals surface area contributed by atoms with Crippen molar-refractivity contribution in [3.05, 3.63) is 0 Å². The third-order valence-electron chi connectivity index (χ3n) is 3.61. The van der Waals surface area contributed by atoms with Crippen molar-refractivity contribution in [1.29, 1.82) is 0 Å². The van der Waals surface area contributed by atoms with Crippen molar-refractivity contribution in [2.45, 2.75) is 71.4 Å². The molecule has 0 bridgehead atoms. The normalized spacial score (nSPS) is 26.4. The van der Waals surface area contributed by atoms with Gasteiger partial charge in [-0.1, -0.05) is 26.7 Å². The lowest BCUT2D eigenvalue weighted by Gasteiger charge is -2.37. The summed E-state index contributed by atoms with van der Waals surface area (Å²) in [4.78, 5) is 0. The van der Waals surface area contributed by atoms with Gasteiger partial charge in [-0.25, -0.2) is 0 Å². The van der Waals surface area contributed by atoms with E-state index in [0.717, 1.165) is 25.1 Å². The van der Waals surface area contributed by atoms with Gasteiger partial charge in [-0.05, 0) is 45.1 Å². The minimum atomic E-state index is 0.573. The van der Waals surface area contributed by atoms with Crippen LogP contribution in [-0.4, -0.2) is 25.3 Å². The molecule has 1 unspecified atom stereocenters. The molecule has 1 saturated carbocycles. The predicted molar refractivity (Wildman–Crippen MR) is 69.7 cm³/mol. The van der Waals surface area contributed by atoms with Gasteiger partial charge in [0.25, 0.3) is 0 Å². The molecule has 1 aliphatic carbocycles. The Balaban J connectivity index is 2.12. The summed E-state index contributed by atoms with van der Waals surface area (Å²) in [5.74, 6) is 0.914. The van der Waals surface area contributed by atoms with Crippen molar-refractivity contribution in [3.8, 4) is 0 Å². The highest BCUT2D eigenvalue weighted by molar-refractivity contribution is 4.84. The maximum atomic E-state index is 5.61. The topological polar surface area (TPSA) is 21.3 Å². The van der Waals surface area contributed by atoms with Crippen molar-refractivity contribution >= 4 is 0 Å². The van der Waals surface area contributed by atoms with Crippen LogP contribution in [0.15, 0.2) is 0 Å². The van der Waals surface area contributed by atoms with Crippen LogP contribution in [0.25, 0.3) is 0 Å². The molecule has 0 amide bonds. The van der Waals surface area contributed by atoms with E-state index in [1.54, 1.807) is 0 Å². The lowest BCUT2D eigenvalue weighted by Crippen LogP contribution is -2.38. The van der Waals surface area contributed by atoms with E-state index >= 15 is 0 Å². The van der Waals surface area contributed by atoms with Crippen LogP contribution in [0.2, 0.25) is 0 Å². The summed E-state index contributed by atoms with van der Waals surface area (Å²) in [6, 6.07) is 0.748. The molecule has 1 atom stereocenters. The summed E-state index contributed by atoms with van der Waals surface area (Å²) in [7, 11) is 0. The SMILES string of the molecule is CCCCC(CC1CC(OCC)C1)NCC. The summed E-state index contributed by atoms with van der Waals surface area (Å²) in [5, 5.41) is 3.62. The number of hydrogen-bond donors (Lipinski definition) is 1. The third kappa shape index (κ3) is 4.84. The molecular weight excluding hydrogens is 198 g/mol. The average molecular weight is 227 g/mol. The monoisotopic (exact) mass is 227 g/mol. The van der Waals surface area contributed by atoms with E-state index in [0.29, 0.717) is 6.10 Å². The molecular formula is C14H29NO. The first kappa shape index (κ1) is 14.0. The molecule has 1 fully saturated rings. The van der Waals surface area contributed by atoms with Gasteiger partial charge in [-0.15, -0.1) is 0 Å². The Morgan fingerprint density at radius 3 is 2.56 bits per heavy atom. The lowest BCUT2D eigenvalue weighted by molar-refractivity contribution is -0.0292. The highest BCUT2D eigenvalue weighted by atomic mass is 16.5. The first-order valence-electron chi connectivity index (χ1n) is 7.15. The molecule has 2 nitrogen and oxygen atoms in total. The van der Waals surface area contributed by atoms with Crippen molar-refractivity contribution in [3.63, 3.8) is 0 Å². The lowest BCUT2D eigenvalue weighted by atomic mass is 9.77. The molecule has 0 aromatic heterocycles. The molecule has 1 aliphatic rings. The van der Waals surface area contributed by atoms with Crippen molar-refractivity contribution in [2.75, 3.05) is 13.2 Å². The molecule has 0 heterocycles. The second-order valence-electron chi connectivity index (χ2n) is 5.05. The maximum Gasteiger partial charge on any atom is 0.0580 e. The molecule has 16 heavy (non-hydrogen) atoms. The Kier molecular flexibility index (Phi) is 7.06. The molecule has 1 rings (SSSR count). The van der Waals surface area contributed by atoms with E-state index in [4.69, 9.17) is 4.74 Å². The number of nitrogens with one attached hydrogen (secondary N) is 1. The average Bonchev–Trinajstić information content (AvgIpc) is 2.23.